The summed E-state index contributed by atoms with van der Waals surface area (Å²) in [7, 11) is 0. The van der Waals surface area contributed by atoms with Gasteiger partial charge in [-0.05, 0) is 44.9 Å². The second kappa shape index (κ2) is 10.9. The van der Waals surface area contributed by atoms with Crippen molar-refractivity contribution in [1.82, 2.24) is 30.4 Å². The van der Waals surface area contributed by atoms with Gasteiger partial charge in [-0.15, -0.1) is 0 Å². The molecule has 8 nitrogen and oxygen atoms in total. The number of fused-ring (bicyclic) bond motifs is 2. The number of anilines is 1. The van der Waals surface area contributed by atoms with Crippen molar-refractivity contribution in [1.29, 1.82) is 0 Å². The molecule has 0 amide bonds. The number of nitrogens with zero attached hydrogens (tertiary/aromatic N) is 5. The van der Waals surface area contributed by atoms with Crippen molar-refractivity contribution in [2.24, 2.45) is 0 Å². The molecule has 2 aromatic heterocycles. The number of hydrogen-bond donors (Lipinski definition) is 2. The lowest BCUT2D eigenvalue weighted by atomic mass is 9.95. The number of aromatic amines is 1. The first-order valence-electron chi connectivity index (χ1n) is 14.0. The summed E-state index contributed by atoms with van der Waals surface area (Å²) in [6.07, 6.45) is 2.06. The number of likely N-dealkylation sites (tertiary alicyclic amines) is 1. The highest BCUT2D eigenvalue weighted by molar-refractivity contribution is 6.35. The van der Waals surface area contributed by atoms with Gasteiger partial charge in [0, 0.05) is 66.6 Å². The summed E-state index contributed by atoms with van der Waals surface area (Å²) in [4.78, 5) is 13.1. The molecular weight excluding hydrogens is 555 g/mol. The van der Waals surface area contributed by atoms with Gasteiger partial charge in [0.25, 0.3) is 5.92 Å². The number of nitrogens with one attached hydrogen (secondary N) is 2. The zero-order valence-corrected chi connectivity index (χ0v) is 24.0. The third kappa shape index (κ3) is 5.42. The van der Waals surface area contributed by atoms with Gasteiger partial charge in [0.15, 0.2) is 5.82 Å². The highest BCUT2D eigenvalue weighted by Crippen LogP contribution is 2.42. The Kier molecular flexibility index (Phi) is 7.46. The molecule has 4 aromatic rings. The van der Waals surface area contributed by atoms with Crippen molar-refractivity contribution in [2.45, 2.75) is 51.6 Å². The van der Waals surface area contributed by atoms with Gasteiger partial charge in [-0.3, -0.25) is 10.00 Å². The van der Waals surface area contributed by atoms with Crippen molar-refractivity contribution in [3.05, 3.63) is 40.8 Å². The Balaban J connectivity index is 1.40. The Morgan fingerprint density at radius 3 is 2.78 bits per heavy atom. The number of aromatic nitrogens is 4. The first-order valence-corrected chi connectivity index (χ1v) is 14.3. The SMILES string of the molecule is Cc1ccc2[nH]ncc2c1-c1c(Cl)cc2c(N3C[C@@H](C)NC[C@@H]3C)nc(OCCCN3CCC(F)(F)C3)nc2c1F. The quantitative estimate of drug-likeness (QED) is 0.274. The molecule has 0 aliphatic carbocycles. The van der Waals surface area contributed by atoms with E-state index in [-0.39, 0.29) is 53.8 Å². The number of rotatable bonds is 7. The molecule has 0 saturated carbocycles. The number of benzene rings is 2. The molecule has 0 radical (unpaired) electrons. The fourth-order valence-electron chi connectivity index (χ4n) is 5.90. The van der Waals surface area contributed by atoms with Gasteiger partial charge in [0.2, 0.25) is 0 Å². The van der Waals surface area contributed by atoms with Crippen LogP contribution in [-0.4, -0.2) is 82.4 Å². The van der Waals surface area contributed by atoms with E-state index < -0.39 is 11.7 Å². The Morgan fingerprint density at radius 1 is 1.17 bits per heavy atom. The second-order valence-corrected chi connectivity index (χ2v) is 11.7. The fraction of sp³-hybridized carbons (Fsp3) is 0.483. The number of alkyl halides is 2. The molecule has 4 heterocycles. The molecular formula is C29H33ClF3N7O. The molecule has 2 atom stereocenters. The van der Waals surface area contributed by atoms with Crippen molar-refractivity contribution in [3.63, 3.8) is 0 Å². The molecule has 6 rings (SSSR count). The van der Waals surface area contributed by atoms with E-state index >= 15 is 4.39 Å². The van der Waals surface area contributed by atoms with E-state index in [1.165, 1.54) is 0 Å². The summed E-state index contributed by atoms with van der Waals surface area (Å²) in [5.74, 6) is -2.65. The molecule has 2 aromatic carbocycles. The lowest BCUT2D eigenvalue weighted by Crippen LogP contribution is -2.54. The van der Waals surface area contributed by atoms with Gasteiger partial charge in [-0.2, -0.15) is 15.1 Å². The zero-order valence-electron chi connectivity index (χ0n) is 23.3. The van der Waals surface area contributed by atoms with Crippen LogP contribution in [0, 0.1) is 12.7 Å². The van der Waals surface area contributed by atoms with Gasteiger partial charge in [-0.25, -0.2) is 13.2 Å². The second-order valence-electron chi connectivity index (χ2n) is 11.3. The molecule has 41 heavy (non-hydrogen) atoms. The Hall–Kier alpha value is -3.15. The summed E-state index contributed by atoms with van der Waals surface area (Å²) in [5.41, 5.74) is 2.63. The van der Waals surface area contributed by atoms with Crippen LogP contribution in [0.4, 0.5) is 19.0 Å². The maximum atomic E-state index is 16.6. The van der Waals surface area contributed by atoms with Crippen LogP contribution in [0.2, 0.25) is 5.02 Å². The Labute approximate surface area is 241 Å². The predicted octanol–water partition coefficient (Wildman–Crippen LogP) is 5.57. The summed E-state index contributed by atoms with van der Waals surface area (Å²) in [6, 6.07) is 5.85. The lowest BCUT2D eigenvalue weighted by Gasteiger charge is -2.39. The monoisotopic (exact) mass is 587 g/mol. The summed E-state index contributed by atoms with van der Waals surface area (Å²) in [6.45, 7) is 8.28. The maximum absolute atomic E-state index is 16.6. The fourth-order valence-corrected chi connectivity index (χ4v) is 6.18. The third-order valence-electron chi connectivity index (χ3n) is 8.06. The van der Waals surface area contributed by atoms with E-state index in [9.17, 15) is 8.78 Å². The van der Waals surface area contributed by atoms with Crippen LogP contribution in [0.15, 0.2) is 24.4 Å². The number of halogens is 4. The minimum atomic E-state index is -2.63. The molecule has 2 aliphatic rings. The van der Waals surface area contributed by atoms with Crippen LogP contribution in [-0.2, 0) is 0 Å². The van der Waals surface area contributed by atoms with Crippen LogP contribution in [0.3, 0.4) is 0 Å². The first kappa shape index (κ1) is 28.0. The molecule has 2 saturated heterocycles. The molecule has 2 aliphatic heterocycles. The lowest BCUT2D eigenvalue weighted by molar-refractivity contribution is 0.0118. The molecule has 12 heteroatoms. The average molecular weight is 588 g/mol. The molecule has 2 N–H and O–H groups in total. The van der Waals surface area contributed by atoms with E-state index in [1.54, 1.807) is 17.2 Å². The van der Waals surface area contributed by atoms with Crippen LogP contribution < -0.4 is 15.0 Å². The van der Waals surface area contributed by atoms with E-state index in [0.29, 0.717) is 42.8 Å². The average Bonchev–Trinajstić information content (AvgIpc) is 3.55. The maximum Gasteiger partial charge on any atom is 0.319 e. The van der Waals surface area contributed by atoms with E-state index in [4.69, 9.17) is 21.3 Å². The minimum absolute atomic E-state index is 0.0445. The van der Waals surface area contributed by atoms with Gasteiger partial charge >= 0.3 is 6.01 Å². The van der Waals surface area contributed by atoms with Crippen molar-refractivity contribution in [2.75, 3.05) is 44.2 Å². The normalized spacial score (nSPS) is 21.3. The topological polar surface area (TPSA) is 82.2 Å². The number of piperazine rings is 1. The standard InChI is InChI=1S/C29H33ClF3N7O/c1-16-5-6-22-20(13-35-38-22)23(16)24-21(30)11-19-26(25(24)31)36-28(37-27(19)40-14-17(2)34-12-18(40)3)41-10-4-8-39-9-7-29(32,33)15-39/h5-6,11,13,17-18,34H,4,7-10,12,14-15H2,1-3H3,(H,35,38)/t17-,18+/m1/s1. The van der Waals surface area contributed by atoms with Gasteiger partial charge in [0.1, 0.15) is 11.3 Å². The van der Waals surface area contributed by atoms with Gasteiger partial charge in [0.05, 0.1) is 29.9 Å². The number of aryl methyl sites for hydroxylation is 1. The number of ether oxygens (including phenoxy) is 1. The Bertz CT molecular complexity index is 1600. The summed E-state index contributed by atoms with van der Waals surface area (Å²) in [5, 5.41) is 12.0. The molecule has 0 unspecified atom stereocenters. The highest BCUT2D eigenvalue weighted by Gasteiger charge is 2.37. The molecule has 0 bridgehead atoms. The van der Waals surface area contributed by atoms with E-state index in [1.807, 2.05) is 19.1 Å². The molecule has 0 spiro atoms. The van der Waals surface area contributed by atoms with Crippen molar-refractivity contribution < 1.29 is 17.9 Å². The largest absolute Gasteiger partial charge is 0.463 e. The Morgan fingerprint density at radius 2 is 2.00 bits per heavy atom. The van der Waals surface area contributed by atoms with Gasteiger partial charge < -0.3 is 15.0 Å². The van der Waals surface area contributed by atoms with Crippen LogP contribution in [0.5, 0.6) is 6.01 Å². The highest BCUT2D eigenvalue weighted by atomic mass is 35.5. The van der Waals surface area contributed by atoms with E-state index in [2.05, 4.69) is 39.2 Å². The third-order valence-corrected chi connectivity index (χ3v) is 8.36. The first-order chi connectivity index (χ1) is 19.6. The minimum Gasteiger partial charge on any atom is -0.463 e. The van der Waals surface area contributed by atoms with Crippen molar-refractivity contribution in [3.8, 4) is 17.1 Å². The summed E-state index contributed by atoms with van der Waals surface area (Å²) < 4.78 is 49.7. The van der Waals surface area contributed by atoms with Crippen molar-refractivity contribution >= 4 is 39.2 Å². The van der Waals surface area contributed by atoms with Crippen LogP contribution in [0.25, 0.3) is 32.9 Å². The van der Waals surface area contributed by atoms with Gasteiger partial charge in [-0.1, -0.05) is 17.7 Å². The van der Waals surface area contributed by atoms with Crippen LogP contribution >= 0.6 is 11.6 Å². The predicted molar refractivity (Wildman–Crippen MR) is 155 cm³/mol. The van der Waals surface area contributed by atoms with E-state index in [0.717, 1.165) is 23.0 Å². The summed E-state index contributed by atoms with van der Waals surface area (Å²) >= 11 is 6.84. The smallest absolute Gasteiger partial charge is 0.319 e. The number of H-pyrrole nitrogens is 1. The molecule has 218 valence electrons. The zero-order chi connectivity index (χ0) is 28.9. The number of hydrogen-bond acceptors (Lipinski definition) is 7. The van der Waals surface area contributed by atoms with Crippen LogP contribution in [0.1, 0.15) is 32.3 Å². The molecule has 2 fully saturated rings.